The Balaban J connectivity index is 0.00000144. The molecule has 0 unspecified atom stereocenters. The lowest BCUT2D eigenvalue weighted by Crippen LogP contribution is -2.49. The Morgan fingerprint density at radius 2 is 1.83 bits per heavy atom. The summed E-state index contributed by atoms with van der Waals surface area (Å²) in [4.78, 5) is 1.42. The van der Waals surface area contributed by atoms with Crippen LogP contribution in [0, 0.1) is 0 Å². The average molecular weight is 391 g/mol. The minimum Gasteiger partial charge on any atom is -0.493 e. The van der Waals surface area contributed by atoms with Crippen LogP contribution in [0.4, 0.5) is 13.2 Å². The van der Waals surface area contributed by atoms with Crippen LogP contribution in [0.5, 0.6) is 17.2 Å². The van der Waals surface area contributed by atoms with Gasteiger partial charge in [-0.1, -0.05) is 0 Å². The number of methoxy groups -OCH3 is 1. The molecule has 0 aliphatic carbocycles. The second-order valence-corrected chi connectivity index (χ2v) is 5.19. The van der Waals surface area contributed by atoms with Gasteiger partial charge >= 0.3 is 6.18 Å². The first-order valence-electron chi connectivity index (χ1n) is 6.99. The van der Waals surface area contributed by atoms with E-state index in [0.29, 0.717) is 37.7 Å². The highest BCUT2D eigenvalue weighted by atomic mass is 35.5. The lowest BCUT2D eigenvalue weighted by atomic mass is 10.0. The zero-order valence-corrected chi connectivity index (χ0v) is 14.5. The molecule has 2 aliphatic heterocycles. The predicted molar refractivity (Wildman–Crippen MR) is 86.9 cm³/mol. The molecule has 3 rings (SSSR count). The van der Waals surface area contributed by atoms with E-state index in [-0.39, 0.29) is 42.9 Å². The van der Waals surface area contributed by atoms with E-state index in [1.165, 1.54) is 24.1 Å². The minimum atomic E-state index is -4.38. The van der Waals surface area contributed by atoms with Crippen molar-refractivity contribution in [3.63, 3.8) is 0 Å². The lowest BCUT2D eigenvalue weighted by molar-refractivity contribution is -0.187. The monoisotopic (exact) mass is 390 g/mol. The van der Waals surface area contributed by atoms with Gasteiger partial charge in [0, 0.05) is 26.2 Å². The molecule has 1 aromatic carbocycles. The van der Waals surface area contributed by atoms with Gasteiger partial charge < -0.3 is 19.5 Å². The second kappa shape index (κ2) is 8.33. The summed E-state index contributed by atoms with van der Waals surface area (Å²) < 4.78 is 56.4. The predicted octanol–water partition coefficient (Wildman–Crippen LogP) is 2.78. The number of alkyl halides is 3. The number of fused-ring (bicyclic) bond motifs is 1. The van der Waals surface area contributed by atoms with Crippen molar-refractivity contribution in [3.05, 3.63) is 17.7 Å². The summed E-state index contributed by atoms with van der Waals surface area (Å²) in [6.07, 6.45) is -4.38. The highest BCUT2D eigenvalue weighted by Gasteiger charge is 2.45. The van der Waals surface area contributed by atoms with Crippen molar-refractivity contribution in [3.8, 4) is 17.2 Å². The molecule has 10 heteroatoms. The van der Waals surface area contributed by atoms with Crippen LogP contribution in [0.2, 0.25) is 0 Å². The summed E-state index contributed by atoms with van der Waals surface area (Å²) in [5, 5.41) is 3.06. The quantitative estimate of drug-likeness (QED) is 0.859. The van der Waals surface area contributed by atoms with Gasteiger partial charge in [-0.25, -0.2) is 0 Å². The number of hydrogen-bond donors (Lipinski definition) is 1. The molecule has 138 valence electrons. The van der Waals surface area contributed by atoms with E-state index in [0.717, 1.165) is 0 Å². The molecule has 1 saturated heterocycles. The van der Waals surface area contributed by atoms with Gasteiger partial charge in [0.1, 0.15) is 6.04 Å². The summed E-state index contributed by atoms with van der Waals surface area (Å²) in [5.74, 6) is 0.903. The minimum absolute atomic E-state index is 0. The largest absolute Gasteiger partial charge is 0.493 e. The molecule has 0 spiro atoms. The number of ether oxygens (including phenoxy) is 3. The maximum absolute atomic E-state index is 13.6. The van der Waals surface area contributed by atoms with Gasteiger partial charge in [0.15, 0.2) is 11.5 Å². The zero-order chi connectivity index (χ0) is 15.7. The molecule has 2 heterocycles. The second-order valence-electron chi connectivity index (χ2n) is 5.19. The van der Waals surface area contributed by atoms with E-state index in [2.05, 4.69) is 5.32 Å². The van der Waals surface area contributed by atoms with Crippen molar-refractivity contribution < 1.29 is 27.4 Å². The van der Waals surface area contributed by atoms with E-state index >= 15 is 0 Å². The summed E-state index contributed by atoms with van der Waals surface area (Å²) >= 11 is 0. The number of hydrogen-bond acceptors (Lipinski definition) is 5. The zero-order valence-electron chi connectivity index (χ0n) is 12.9. The van der Waals surface area contributed by atoms with Gasteiger partial charge in [0.25, 0.3) is 0 Å². The Morgan fingerprint density at radius 3 is 2.42 bits per heavy atom. The summed E-state index contributed by atoms with van der Waals surface area (Å²) in [7, 11) is 1.40. The molecule has 0 radical (unpaired) electrons. The van der Waals surface area contributed by atoms with E-state index in [1.54, 1.807) is 0 Å². The first kappa shape index (κ1) is 21.0. The maximum atomic E-state index is 13.6. The summed E-state index contributed by atoms with van der Waals surface area (Å²) in [6.45, 7) is 1.73. The molecule has 24 heavy (non-hydrogen) atoms. The van der Waals surface area contributed by atoms with Crippen molar-refractivity contribution in [2.45, 2.75) is 12.2 Å². The molecule has 1 N–H and O–H groups in total. The van der Waals surface area contributed by atoms with Crippen LogP contribution in [-0.4, -0.2) is 51.2 Å². The molecule has 0 saturated carbocycles. The normalized spacial score (nSPS) is 18.3. The van der Waals surface area contributed by atoms with Crippen LogP contribution >= 0.6 is 24.8 Å². The van der Waals surface area contributed by atoms with E-state index in [4.69, 9.17) is 14.2 Å². The molecular formula is C14H19Cl2F3N2O3. The van der Waals surface area contributed by atoms with Gasteiger partial charge in [0.05, 0.1) is 7.11 Å². The number of halogens is 5. The molecule has 2 aliphatic rings. The van der Waals surface area contributed by atoms with Gasteiger partial charge in [-0.05, 0) is 17.7 Å². The number of nitrogens with one attached hydrogen (secondary N) is 1. The van der Waals surface area contributed by atoms with Gasteiger partial charge in [-0.2, -0.15) is 13.2 Å². The van der Waals surface area contributed by atoms with Gasteiger partial charge in [-0.3, -0.25) is 4.90 Å². The molecule has 1 fully saturated rings. The van der Waals surface area contributed by atoms with Gasteiger partial charge in [0.2, 0.25) is 12.5 Å². The van der Waals surface area contributed by atoms with Crippen molar-refractivity contribution in [2.75, 3.05) is 40.1 Å². The molecule has 0 aromatic heterocycles. The Morgan fingerprint density at radius 1 is 1.17 bits per heavy atom. The molecule has 0 bridgehead atoms. The van der Waals surface area contributed by atoms with Crippen molar-refractivity contribution in [1.29, 1.82) is 0 Å². The molecule has 1 aromatic rings. The summed E-state index contributed by atoms with van der Waals surface area (Å²) in [5.41, 5.74) is 0.107. The first-order valence-corrected chi connectivity index (χ1v) is 6.99. The molecular weight excluding hydrogens is 372 g/mol. The Hall–Kier alpha value is -1.09. The van der Waals surface area contributed by atoms with Crippen LogP contribution in [0.3, 0.4) is 0 Å². The third-order valence-corrected chi connectivity index (χ3v) is 3.82. The Kier molecular flexibility index (Phi) is 7.27. The fraction of sp³-hybridized carbons (Fsp3) is 0.571. The fourth-order valence-corrected chi connectivity index (χ4v) is 2.85. The molecule has 5 nitrogen and oxygen atoms in total. The van der Waals surface area contributed by atoms with Crippen LogP contribution < -0.4 is 19.5 Å². The van der Waals surface area contributed by atoms with E-state index in [9.17, 15) is 13.2 Å². The lowest BCUT2D eigenvalue weighted by Gasteiger charge is -2.36. The van der Waals surface area contributed by atoms with Crippen LogP contribution in [-0.2, 0) is 0 Å². The Bertz CT molecular complexity index is 555. The molecule has 1 atom stereocenters. The number of piperazine rings is 1. The number of rotatable bonds is 3. The fourth-order valence-electron chi connectivity index (χ4n) is 2.85. The molecule has 0 amide bonds. The smallest absolute Gasteiger partial charge is 0.408 e. The maximum Gasteiger partial charge on any atom is 0.408 e. The summed E-state index contributed by atoms with van der Waals surface area (Å²) in [6, 6.07) is 1.09. The van der Waals surface area contributed by atoms with Crippen molar-refractivity contribution >= 4 is 24.8 Å². The van der Waals surface area contributed by atoms with Crippen LogP contribution in [0.15, 0.2) is 12.1 Å². The average Bonchev–Trinajstić information content (AvgIpc) is 2.94. The number of nitrogens with zero attached hydrogens (tertiary/aromatic N) is 1. The van der Waals surface area contributed by atoms with Crippen LogP contribution in [0.1, 0.15) is 11.6 Å². The van der Waals surface area contributed by atoms with E-state index in [1.807, 2.05) is 0 Å². The van der Waals surface area contributed by atoms with E-state index < -0.39 is 12.2 Å². The van der Waals surface area contributed by atoms with Crippen molar-refractivity contribution in [2.24, 2.45) is 0 Å². The van der Waals surface area contributed by atoms with Crippen LogP contribution in [0.25, 0.3) is 0 Å². The first-order chi connectivity index (χ1) is 10.5. The third-order valence-electron chi connectivity index (χ3n) is 3.82. The highest BCUT2D eigenvalue weighted by Crippen LogP contribution is 2.46. The Labute approximate surface area is 150 Å². The number of benzene rings is 1. The topological polar surface area (TPSA) is 43.0 Å². The SMILES string of the molecule is COc1cc([C@@H](N2CCNCC2)C(F)(F)F)cc2c1OCO2.Cl.Cl. The third kappa shape index (κ3) is 4.11. The van der Waals surface area contributed by atoms with Crippen molar-refractivity contribution in [1.82, 2.24) is 10.2 Å². The standard InChI is InChI=1S/C14H17F3N2O3.2ClH/c1-20-10-6-9(7-11-12(10)22-8-21-11)13(14(15,16)17)19-4-2-18-3-5-19;;/h6-7,13,18H,2-5,8H2,1H3;2*1H/t13-;;/m1../s1. The van der Waals surface area contributed by atoms with Gasteiger partial charge in [-0.15, -0.1) is 24.8 Å². The highest BCUT2D eigenvalue weighted by molar-refractivity contribution is 5.85.